The topological polar surface area (TPSA) is 193 Å². The van der Waals surface area contributed by atoms with Crippen molar-refractivity contribution in [3.63, 3.8) is 0 Å². The summed E-state index contributed by atoms with van der Waals surface area (Å²) >= 11 is 0. The van der Waals surface area contributed by atoms with E-state index in [0.29, 0.717) is 37.3 Å². The number of aryl methyl sites for hydroxylation is 6. The van der Waals surface area contributed by atoms with Crippen LogP contribution in [0.5, 0.6) is 0 Å². The molecule has 0 spiro atoms. The van der Waals surface area contributed by atoms with Crippen LogP contribution in [0.3, 0.4) is 0 Å². The number of carbonyl (C=O) groups is 2. The average molecular weight is 887 g/mol. The van der Waals surface area contributed by atoms with Gasteiger partial charge in [0.05, 0.1) is 23.8 Å². The van der Waals surface area contributed by atoms with E-state index in [9.17, 15) is 26.4 Å². The summed E-state index contributed by atoms with van der Waals surface area (Å²) in [7, 11) is -0.0643. The fourth-order valence-electron chi connectivity index (χ4n) is 10.7. The van der Waals surface area contributed by atoms with Crippen LogP contribution in [0.15, 0.2) is 34.3 Å². The van der Waals surface area contributed by atoms with Crippen LogP contribution < -0.4 is 20.1 Å². The monoisotopic (exact) mass is 886 g/mol. The summed E-state index contributed by atoms with van der Waals surface area (Å²) in [6, 6.07) is 3.67. The number of nitrogens with zero attached hydrogens (tertiary/aromatic N) is 6. The second kappa shape index (κ2) is 16.7. The third kappa shape index (κ3) is 8.14. The van der Waals surface area contributed by atoms with Gasteiger partial charge in [0.2, 0.25) is 0 Å². The maximum absolute atomic E-state index is 13.1. The zero-order chi connectivity index (χ0) is 43.5. The smallest absolute Gasteiger partial charge is 0.307 e. The van der Waals surface area contributed by atoms with Gasteiger partial charge < -0.3 is 20.4 Å². The highest BCUT2D eigenvalue weighted by Crippen LogP contribution is 2.40. The van der Waals surface area contributed by atoms with Gasteiger partial charge in [0, 0.05) is 49.4 Å². The van der Waals surface area contributed by atoms with E-state index in [0.717, 1.165) is 101 Å². The summed E-state index contributed by atoms with van der Waals surface area (Å²) in [6.07, 6.45) is 17.8. The number of aromatic nitrogens is 4. The lowest BCUT2D eigenvalue weighted by molar-refractivity contribution is 0.237. The highest BCUT2D eigenvalue weighted by atomic mass is 32.2. The van der Waals surface area contributed by atoms with Crippen LogP contribution in [0.25, 0.3) is 0 Å². The van der Waals surface area contributed by atoms with E-state index in [1.54, 1.807) is 9.36 Å². The molecule has 62 heavy (non-hydrogen) atoms. The average Bonchev–Trinajstić information content (AvgIpc) is 4.08. The number of rotatable bonds is 8. The second-order valence-electron chi connectivity index (χ2n) is 18.2. The largest absolute Gasteiger partial charge is 0.333 e. The van der Waals surface area contributed by atoms with E-state index in [-0.39, 0.29) is 21.9 Å². The number of urea groups is 2. The second-order valence-corrected chi connectivity index (χ2v) is 21.5. The van der Waals surface area contributed by atoms with Crippen molar-refractivity contribution in [3.8, 4) is 0 Å². The summed E-state index contributed by atoms with van der Waals surface area (Å²) in [6.45, 7) is 1.34. The van der Waals surface area contributed by atoms with Crippen LogP contribution >= 0.6 is 0 Å². The van der Waals surface area contributed by atoms with Crippen LogP contribution in [0.2, 0.25) is 0 Å². The van der Waals surface area contributed by atoms with Crippen molar-refractivity contribution in [1.29, 1.82) is 0 Å². The molecule has 0 radical (unpaired) electrons. The fourth-order valence-corrected chi connectivity index (χ4v) is 12.9. The number of nitrogens with one attached hydrogen (secondary N) is 4. The zero-order valence-corrected chi connectivity index (χ0v) is 37.8. The molecule has 0 fully saturated rings. The maximum atomic E-state index is 13.1. The standard InChI is InChI=1S/2C22H29N5O3S/c2*1-26(2)16-9-10-27-19(12-16)20(13-23-27)31(29,30)25-22(28)24-21-17-7-3-5-14(17)11-15-6-4-8-18(15)21/h2*11,13,16H,3-10,12H2,1-2H3,(H2,24,25,28). The predicted octanol–water partition coefficient (Wildman–Crippen LogP) is 4.49. The van der Waals surface area contributed by atoms with Crippen LogP contribution in [0.4, 0.5) is 21.0 Å². The Morgan fingerprint density at radius 1 is 0.565 bits per heavy atom. The van der Waals surface area contributed by atoms with E-state index in [2.05, 4.69) is 52.2 Å². The summed E-state index contributed by atoms with van der Waals surface area (Å²) in [5.74, 6) is 0. The van der Waals surface area contributed by atoms with Gasteiger partial charge in [0.25, 0.3) is 20.0 Å². The highest BCUT2D eigenvalue weighted by Gasteiger charge is 2.34. The molecule has 4 aromatic rings. The van der Waals surface area contributed by atoms with Gasteiger partial charge in [-0.25, -0.2) is 35.9 Å². The molecular formula is C44H58N10O6S2. The summed E-state index contributed by atoms with van der Waals surface area (Å²) in [5, 5.41) is 14.3. The minimum Gasteiger partial charge on any atom is -0.307 e. The van der Waals surface area contributed by atoms with Gasteiger partial charge >= 0.3 is 12.1 Å². The van der Waals surface area contributed by atoms with Gasteiger partial charge in [-0.3, -0.25) is 9.36 Å². The van der Waals surface area contributed by atoms with Gasteiger partial charge in [-0.05, 0) is 163 Å². The van der Waals surface area contributed by atoms with Gasteiger partial charge in [0.15, 0.2) is 0 Å². The molecule has 18 heteroatoms. The van der Waals surface area contributed by atoms with Crippen molar-refractivity contribution in [1.82, 2.24) is 38.8 Å². The molecule has 4 heterocycles. The molecule has 10 rings (SSSR count). The van der Waals surface area contributed by atoms with Crippen LogP contribution in [-0.4, -0.2) is 98.5 Å². The number of likely N-dealkylation sites (N-methyl/N-ethyl adjacent to an activating group) is 2. The van der Waals surface area contributed by atoms with Gasteiger partial charge in [-0.15, -0.1) is 0 Å². The minimum absolute atomic E-state index is 0.0951. The predicted molar refractivity (Wildman–Crippen MR) is 236 cm³/mol. The summed E-state index contributed by atoms with van der Waals surface area (Å²) in [5.41, 5.74) is 12.8. The Morgan fingerprint density at radius 3 is 1.23 bits per heavy atom. The molecular weight excluding hydrogens is 829 g/mol. The molecule has 2 aliphatic heterocycles. The Balaban J connectivity index is 0.000000158. The summed E-state index contributed by atoms with van der Waals surface area (Å²) in [4.78, 5) is 30.0. The first-order valence-corrected chi connectivity index (χ1v) is 25.1. The molecule has 0 saturated carbocycles. The quantitative estimate of drug-likeness (QED) is 0.196. The van der Waals surface area contributed by atoms with E-state index in [1.807, 2.05) is 28.2 Å². The van der Waals surface area contributed by atoms with Crippen molar-refractivity contribution in [3.05, 3.63) is 80.4 Å². The van der Waals surface area contributed by atoms with Crippen molar-refractivity contribution in [2.24, 2.45) is 0 Å². The molecule has 2 aromatic carbocycles. The number of anilines is 2. The molecule has 16 nitrogen and oxygen atoms in total. The highest BCUT2D eigenvalue weighted by molar-refractivity contribution is 7.90. The molecule has 2 atom stereocenters. The number of carbonyl (C=O) groups excluding carboxylic acids is 2. The third-order valence-electron chi connectivity index (χ3n) is 13.9. The van der Waals surface area contributed by atoms with Gasteiger partial charge in [-0.2, -0.15) is 10.2 Å². The Morgan fingerprint density at radius 2 is 0.903 bits per heavy atom. The number of sulfonamides is 2. The fraction of sp³-hybridized carbons (Fsp3) is 0.545. The Hall–Kier alpha value is -4.78. The van der Waals surface area contributed by atoms with Crippen molar-refractivity contribution < 1.29 is 26.4 Å². The SMILES string of the molecule is CN(C)C1CCn2ncc(S(=O)(=O)NC(=O)Nc3c4c(cc5c3CCC5)CCC4)c2C1.CN(C)C1CCn2ncc(S(=O)(=O)NC(=O)Nc3c4c(cc5c3CCC5)CCC4)c2C1. The molecule has 4 N–H and O–H groups in total. The number of hydrogen-bond acceptors (Lipinski definition) is 10. The first kappa shape index (κ1) is 42.5. The van der Waals surface area contributed by atoms with Gasteiger partial charge in [-0.1, -0.05) is 12.1 Å². The van der Waals surface area contributed by atoms with Crippen molar-refractivity contribution in [2.75, 3.05) is 38.8 Å². The lowest BCUT2D eigenvalue weighted by Crippen LogP contribution is -2.38. The zero-order valence-electron chi connectivity index (χ0n) is 36.1. The number of benzene rings is 2. The number of hydrogen-bond donors (Lipinski definition) is 4. The number of fused-ring (bicyclic) bond motifs is 6. The van der Waals surface area contributed by atoms with E-state index in [1.165, 1.54) is 56.9 Å². The molecule has 2 unspecified atom stereocenters. The molecule has 6 aliphatic rings. The first-order valence-electron chi connectivity index (χ1n) is 22.1. The minimum atomic E-state index is -4.02. The molecule has 2 aromatic heterocycles. The van der Waals surface area contributed by atoms with Gasteiger partial charge in [0.1, 0.15) is 9.79 Å². The molecule has 4 amide bonds. The van der Waals surface area contributed by atoms with Crippen LogP contribution in [0, 0.1) is 0 Å². The summed E-state index contributed by atoms with van der Waals surface area (Å²) < 4.78 is 60.2. The lowest BCUT2D eigenvalue weighted by atomic mass is 9.99. The normalized spacial score (nSPS) is 19.8. The van der Waals surface area contributed by atoms with Crippen molar-refractivity contribution in [2.45, 2.75) is 138 Å². The molecule has 332 valence electrons. The Labute approximate surface area is 364 Å². The van der Waals surface area contributed by atoms with E-state index in [4.69, 9.17) is 0 Å². The third-order valence-corrected chi connectivity index (χ3v) is 16.7. The molecule has 0 saturated heterocycles. The van der Waals surface area contributed by atoms with E-state index < -0.39 is 32.1 Å². The van der Waals surface area contributed by atoms with E-state index >= 15 is 0 Å². The molecule has 4 aliphatic carbocycles. The first-order chi connectivity index (χ1) is 29.7. The van der Waals surface area contributed by atoms with Crippen LogP contribution in [-0.2, 0) is 97.3 Å². The van der Waals surface area contributed by atoms with Crippen molar-refractivity contribution >= 4 is 43.5 Å². The lowest BCUT2D eigenvalue weighted by Gasteiger charge is -2.29. The Bertz CT molecular complexity index is 2420. The Kier molecular flexibility index (Phi) is 11.5. The maximum Gasteiger partial charge on any atom is 0.333 e. The number of amides is 4. The van der Waals surface area contributed by atoms with Crippen LogP contribution in [0.1, 0.15) is 94.4 Å². The molecule has 0 bridgehead atoms.